The molecule has 1 aliphatic rings. The first-order valence-corrected chi connectivity index (χ1v) is 5.79. The van der Waals surface area contributed by atoms with Gasteiger partial charge in [-0.25, -0.2) is 0 Å². The van der Waals surface area contributed by atoms with Crippen LogP contribution in [0.2, 0.25) is 0 Å². The fourth-order valence-electron chi connectivity index (χ4n) is 1.26. The van der Waals surface area contributed by atoms with Crippen LogP contribution in [0.3, 0.4) is 0 Å². The average Bonchev–Trinajstić information content (AvgIpc) is 2.05. The summed E-state index contributed by atoms with van der Waals surface area (Å²) in [6.07, 6.45) is 3.59. The van der Waals surface area contributed by atoms with E-state index in [0.717, 1.165) is 24.9 Å². The Morgan fingerprint density at radius 1 is 1.50 bits per heavy atom. The minimum Gasteiger partial charge on any atom is -0.381 e. The van der Waals surface area contributed by atoms with Crippen molar-refractivity contribution in [2.45, 2.75) is 37.5 Å². The highest BCUT2D eigenvalue weighted by molar-refractivity contribution is 7.99. The standard InChI is InChI=1S/C9H19NOS/c1-8(10)4-7-12-9-2-5-11-6-3-9/h8-9H,2-7,10H2,1H3. The smallest absolute Gasteiger partial charge is 0.0476 e. The van der Waals surface area contributed by atoms with Crippen molar-refractivity contribution in [2.24, 2.45) is 5.73 Å². The number of rotatable bonds is 4. The molecule has 0 aliphatic carbocycles. The topological polar surface area (TPSA) is 35.2 Å². The molecule has 2 nitrogen and oxygen atoms in total. The van der Waals surface area contributed by atoms with E-state index in [0.29, 0.717) is 6.04 Å². The van der Waals surface area contributed by atoms with E-state index < -0.39 is 0 Å². The summed E-state index contributed by atoms with van der Waals surface area (Å²) < 4.78 is 5.29. The zero-order valence-corrected chi connectivity index (χ0v) is 8.61. The van der Waals surface area contributed by atoms with Gasteiger partial charge in [0.2, 0.25) is 0 Å². The Bertz CT molecular complexity index is 113. The van der Waals surface area contributed by atoms with E-state index >= 15 is 0 Å². The van der Waals surface area contributed by atoms with Crippen molar-refractivity contribution in [3.8, 4) is 0 Å². The lowest BCUT2D eigenvalue weighted by atomic mass is 10.2. The van der Waals surface area contributed by atoms with Gasteiger partial charge in [0.1, 0.15) is 0 Å². The lowest BCUT2D eigenvalue weighted by Gasteiger charge is -2.21. The summed E-state index contributed by atoms with van der Waals surface area (Å²) in [5.74, 6) is 1.21. The van der Waals surface area contributed by atoms with Gasteiger partial charge in [-0.3, -0.25) is 0 Å². The van der Waals surface area contributed by atoms with Crippen molar-refractivity contribution >= 4 is 11.8 Å². The molecule has 1 rings (SSSR count). The number of hydrogen-bond donors (Lipinski definition) is 1. The second kappa shape index (κ2) is 5.84. The molecule has 1 atom stereocenters. The maximum Gasteiger partial charge on any atom is 0.0476 e. The SMILES string of the molecule is CC(N)CCSC1CCOCC1. The number of ether oxygens (including phenoxy) is 1. The molecule has 0 radical (unpaired) electrons. The maximum absolute atomic E-state index is 5.67. The minimum atomic E-state index is 0.359. The van der Waals surface area contributed by atoms with Gasteiger partial charge in [0, 0.05) is 24.5 Å². The van der Waals surface area contributed by atoms with Crippen LogP contribution in [-0.2, 0) is 4.74 Å². The lowest BCUT2D eigenvalue weighted by Crippen LogP contribution is -2.20. The zero-order valence-electron chi connectivity index (χ0n) is 7.79. The Morgan fingerprint density at radius 3 is 2.75 bits per heavy atom. The van der Waals surface area contributed by atoms with Gasteiger partial charge in [-0.1, -0.05) is 0 Å². The largest absolute Gasteiger partial charge is 0.381 e. The van der Waals surface area contributed by atoms with Crippen LogP contribution in [0.5, 0.6) is 0 Å². The number of thioether (sulfide) groups is 1. The molecule has 0 aromatic heterocycles. The second-order valence-electron chi connectivity index (χ2n) is 3.45. The van der Waals surface area contributed by atoms with Crippen LogP contribution in [0, 0.1) is 0 Å². The average molecular weight is 189 g/mol. The van der Waals surface area contributed by atoms with Crippen LogP contribution >= 0.6 is 11.8 Å². The molecule has 0 aromatic rings. The van der Waals surface area contributed by atoms with E-state index in [2.05, 4.69) is 18.7 Å². The van der Waals surface area contributed by atoms with E-state index in [4.69, 9.17) is 10.5 Å². The van der Waals surface area contributed by atoms with Crippen molar-refractivity contribution in [1.29, 1.82) is 0 Å². The molecule has 1 heterocycles. The summed E-state index contributed by atoms with van der Waals surface area (Å²) in [5.41, 5.74) is 5.67. The van der Waals surface area contributed by atoms with Gasteiger partial charge in [-0.15, -0.1) is 0 Å². The van der Waals surface area contributed by atoms with Gasteiger partial charge < -0.3 is 10.5 Å². The third-order valence-electron chi connectivity index (χ3n) is 2.10. The highest BCUT2D eigenvalue weighted by Gasteiger charge is 2.13. The van der Waals surface area contributed by atoms with Crippen LogP contribution in [0.25, 0.3) is 0 Å². The monoisotopic (exact) mass is 189 g/mol. The third kappa shape index (κ3) is 4.33. The summed E-state index contributed by atoms with van der Waals surface area (Å²) in [5, 5.41) is 0.831. The second-order valence-corrected chi connectivity index (χ2v) is 4.86. The van der Waals surface area contributed by atoms with Gasteiger partial charge in [0.15, 0.2) is 0 Å². The highest BCUT2D eigenvalue weighted by Crippen LogP contribution is 2.22. The summed E-state index contributed by atoms with van der Waals surface area (Å²) in [6, 6.07) is 0.359. The van der Waals surface area contributed by atoms with Gasteiger partial charge in [0.25, 0.3) is 0 Å². The first-order chi connectivity index (χ1) is 5.79. The number of hydrogen-bond acceptors (Lipinski definition) is 3. The summed E-state index contributed by atoms with van der Waals surface area (Å²) in [4.78, 5) is 0. The predicted molar refractivity (Wildman–Crippen MR) is 54.6 cm³/mol. The van der Waals surface area contributed by atoms with Crippen LogP contribution in [0.4, 0.5) is 0 Å². The van der Waals surface area contributed by atoms with E-state index in [1.54, 1.807) is 0 Å². The zero-order chi connectivity index (χ0) is 8.81. The molecular formula is C9H19NOS. The molecule has 1 saturated heterocycles. The van der Waals surface area contributed by atoms with Crippen molar-refractivity contribution in [2.75, 3.05) is 19.0 Å². The Morgan fingerprint density at radius 2 is 2.17 bits per heavy atom. The Labute approximate surface area is 79.2 Å². The first kappa shape index (κ1) is 10.4. The molecule has 72 valence electrons. The van der Waals surface area contributed by atoms with Crippen LogP contribution < -0.4 is 5.73 Å². The van der Waals surface area contributed by atoms with Gasteiger partial charge in [-0.2, -0.15) is 11.8 Å². The van der Waals surface area contributed by atoms with Gasteiger partial charge >= 0.3 is 0 Å². The van der Waals surface area contributed by atoms with Crippen LogP contribution in [-0.4, -0.2) is 30.3 Å². The van der Waals surface area contributed by atoms with Gasteiger partial charge in [-0.05, 0) is 31.9 Å². The van der Waals surface area contributed by atoms with Gasteiger partial charge in [0.05, 0.1) is 0 Å². The molecule has 0 amide bonds. The van der Waals surface area contributed by atoms with Crippen LogP contribution in [0.15, 0.2) is 0 Å². The predicted octanol–water partition coefficient (Wildman–Crippen LogP) is 1.64. The van der Waals surface area contributed by atoms with E-state index in [9.17, 15) is 0 Å². The van der Waals surface area contributed by atoms with E-state index in [1.807, 2.05) is 0 Å². The Kier molecular flexibility index (Phi) is 5.04. The lowest BCUT2D eigenvalue weighted by molar-refractivity contribution is 0.100. The Balaban J connectivity index is 1.98. The normalized spacial score (nSPS) is 22.5. The molecular weight excluding hydrogens is 170 g/mol. The molecule has 1 fully saturated rings. The van der Waals surface area contributed by atoms with E-state index in [1.165, 1.54) is 18.6 Å². The van der Waals surface area contributed by atoms with Crippen molar-refractivity contribution in [3.63, 3.8) is 0 Å². The molecule has 0 saturated carbocycles. The molecule has 1 aliphatic heterocycles. The molecule has 0 aromatic carbocycles. The molecule has 2 N–H and O–H groups in total. The fourth-order valence-corrected chi connectivity index (χ4v) is 2.63. The molecule has 3 heteroatoms. The maximum atomic E-state index is 5.67. The third-order valence-corrected chi connectivity index (χ3v) is 3.51. The molecule has 0 spiro atoms. The van der Waals surface area contributed by atoms with Crippen molar-refractivity contribution in [3.05, 3.63) is 0 Å². The molecule has 1 unspecified atom stereocenters. The first-order valence-electron chi connectivity index (χ1n) is 4.74. The molecule has 12 heavy (non-hydrogen) atoms. The summed E-state index contributed by atoms with van der Waals surface area (Å²) in [6.45, 7) is 3.98. The fraction of sp³-hybridized carbons (Fsp3) is 1.00. The van der Waals surface area contributed by atoms with Crippen molar-refractivity contribution < 1.29 is 4.74 Å². The van der Waals surface area contributed by atoms with Crippen molar-refractivity contribution in [1.82, 2.24) is 0 Å². The Hall–Kier alpha value is 0.270. The summed E-state index contributed by atoms with van der Waals surface area (Å²) >= 11 is 2.07. The highest BCUT2D eigenvalue weighted by atomic mass is 32.2. The van der Waals surface area contributed by atoms with Crippen LogP contribution in [0.1, 0.15) is 26.2 Å². The van der Waals surface area contributed by atoms with E-state index in [-0.39, 0.29) is 0 Å². The minimum absolute atomic E-state index is 0.359. The number of nitrogens with two attached hydrogens (primary N) is 1. The molecule has 0 bridgehead atoms. The quantitative estimate of drug-likeness (QED) is 0.730. The summed E-state index contributed by atoms with van der Waals surface area (Å²) in [7, 11) is 0.